The lowest BCUT2D eigenvalue weighted by atomic mass is 9.90. The number of nitrogens with zero attached hydrogens (tertiary/aromatic N) is 3. The second-order valence-electron chi connectivity index (χ2n) is 6.46. The third kappa shape index (κ3) is 4.04. The van der Waals surface area contributed by atoms with Crippen molar-refractivity contribution in [2.24, 2.45) is 0 Å². The number of rotatable bonds is 3. The van der Waals surface area contributed by atoms with E-state index in [4.69, 9.17) is 23.2 Å². The molecule has 0 bridgehead atoms. The molecule has 1 amide bonds. The van der Waals surface area contributed by atoms with E-state index in [1.54, 1.807) is 11.8 Å². The summed E-state index contributed by atoms with van der Waals surface area (Å²) in [5.74, 6) is -1.04. The van der Waals surface area contributed by atoms with Crippen LogP contribution in [-0.4, -0.2) is 33.8 Å². The van der Waals surface area contributed by atoms with Crippen molar-refractivity contribution in [1.29, 1.82) is 0 Å². The molecule has 1 unspecified atom stereocenters. The van der Waals surface area contributed by atoms with Crippen LogP contribution in [0.5, 0.6) is 0 Å². The van der Waals surface area contributed by atoms with Crippen molar-refractivity contribution in [3.63, 3.8) is 0 Å². The first-order valence-electron chi connectivity index (χ1n) is 8.32. The average Bonchev–Trinajstić information content (AvgIpc) is 2.64. The van der Waals surface area contributed by atoms with Crippen molar-refractivity contribution >= 4 is 34.8 Å². The molecule has 0 N–H and O–H groups in total. The monoisotopic (exact) mass is 411 g/mol. The SMILES string of the molecule is Cc1ncc([N+](=O)[O-])cc1C(=O)N1CCCC(c2cc(F)c(Cl)cc2Cl)C1. The van der Waals surface area contributed by atoms with Gasteiger partial charge in [0.05, 0.1) is 21.2 Å². The molecule has 0 radical (unpaired) electrons. The summed E-state index contributed by atoms with van der Waals surface area (Å²) in [6.07, 6.45) is 2.58. The van der Waals surface area contributed by atoms with E-state index in [1.165, 1.54) is 18.2 Å². The van der Waals surface area contributed by atoms with Crippen LogP contribution in [0.1, 0.15) is 40.4 Å². The van der Waals surface area contributed by atoms with Crippen LogP contribution in [0, 0.1) is 22.9 Å². The fourth-order valence-corrected chi connectivity index (χ4v) is 3.81. The van der Waals surface area contributed by atoms with E-state index in [-0.39, 0.29) is 28.1 Å². The summed E-state index contributed by atoms with van der Waals surface area (Å²) in [5, 5.41) is 11.3. The van der Waals surface area contributed by atoms with Gasteiger partial charge in [-0.25, -0.2) is 4.39 Å². The molecule has 9 heteroatoms. The van der Waals surface area contributed by atoms with Gasteiger partial charge < -0.3 is 4.90 Å². The minimum atomic E-state index is -0.585. The molecule has 142 valence electrons. The third-order valence-corrected chi connectivity index (χ3v) is 5.32. The molecule has 2 heterocycles. The van der Waals surface area contributed by atoms with Gasteiger partial charge in [-0.15, -0.1) is 0 Å². The van der Waals surface area contributed by atoms with Crippen molar-refractivity contribution in [3.8, 4) is 0 Å². The minimum absolute atomic E-state index is 0.0502. The van der Waals surface area contributed by atoms with E-state index in [0.29, 0.717) is 35.8 Å². The summed E-state index contributed by atoms with van der Waals surface area (Å²) in [5.41, 5.74) is 0.979. The first kappa shape index (κ1) is 19.5. The van der Waals surface area contributed by atoms with Crippen LogP contribution in [0.15, 0.2) is 24.4 Å². The van der Waals surface area contributed by atoms with Crippen LogP contribution < -0.4 is 0 Å². The standard InChI is InChI=1S/C18H16Cl2FN3O3/c1-10-13(5-12(8-22-10)24(26)27)18(25)23-4-2-3-11(9-23)14-6-17(21)16(20)7-15(14)19/h5-8,11H,2-4,9H2,1H3. The number of hydrogen-bond donors (Lipinski definition) is 0. The number of carbonyl (C=O) groups excluding carboxylic acids is 1. The molecule has 6 nitrogen and oxygen atoms in total. The number of nitro groups is 1. The lowest BCUT2D eigenvalue weighted by Gasteiger charge is -2.33. The van der Waals surface area contributed by atoms with Gasteiger partial charge in [-0.1, -0.05) is 23.2 Å². The normalized spacial score (nSPS) is 17.0. The molecule has 1 aromatic carbocycles. The van der Waals surface area contributed by atoms with Crippen molar-refractivity contribution in [2.45, 2.75) is 25.7 Å². The predicted molar refractivity (Wildman–Crippen MR) is 99.9 cm³/mol. The van der Waals surface area contributed by atoms with Crippen LogP contribution in [0.3, 0.4) is 0 Å². The Morgan fingerprint density at radius 1 is 1.33 bits per heavy atom. The summed E-state index contributed by atoms with van der Waals surface area (Å²) < 4.78 is 13.9. The van der Waals surface area contributed by atoms with Gasteiger partial charge in [0.2, 0.25) is 0 Å². The van der Waals surface area contributed by atoms with Crippen LogP contribution in [0.4, 0.5) is 10.1 Å². The summed E-state index contributed by atoms with van der Waals surface area (Å²) >= 11 is 12.0. The molecule has 1 fully saturated rings. The molecule has 3 rings (SSSR count). The Balaban J connectivity index is 1.87. The smallest absolute Gasteiger partial charge is 0.288 e. The number of carbonyl (C=O) groups is 1. The highest BCUT2D eigenvalue weighted by molar-refractivity contribution is 6.35. The van der Waals surface area contributed by atoms with Gasteiger partial charge >= 0.3 is 0 Å². The molecule has 1 aromatic heterocycles. The number of aromatic nitrogens is 1. The lowest BCUT2D eigenvalue weighted by Crippen LogP contribution is -2.39. The number of hydrogen-bond acceptors (Lipinski definition) is 4. The number of halogens is 3. The predicted octanol–water partition coefficient (Wildman–Crippen LogP) is 4.76. The van der Waals surface area contributed by atoms with Gasteiger partial charge in [-0.3, -0.25) is 19.9 Å². The van der Waals surface area contributed by atoms with Crippen LogP contribution in [-0.2, 0) is 0 Å². The fraction of sp³-hybridized carbons (Fsp3) is 0.333. The number of amides is 1. The Hall–Kier alpha value is -2.25. The Morgan fingerprint density at radius 2 is 2.07 bits per heavy atom. The van der Waals surface area contributed by atoms with E-state index in [1.807, 2.05) is 0 Å². The average molecular weight is 412 g/mol. The van der Waals surface area contributed by atoms with Crippen molar-refractivity contribution < 1.29 is 14.1 Å². The van der Waals surface area contributed by atoms with Crippen molar-refractivity contribution in [3.05, 3.63) is 67.2 Å². The highest BCUT2D eigenvalue weighted by Gasteiger charge is 2.29. The highest BCUT2D eigenvalue weighted by atomic mass is 35.5. The number of aryl methyl sites for hydroxylation is 1. The molecule has 0 aliphatic carbocycles. The quantitative estimate of drug-likeness (QED) is 0.414. The van der Waals surface area contributed by atoms with E-state index in [2.05, 4.69) is 4.98 Å². The highest BCUT2D eigenvalue weighted by Crippen LogP contribution is 2.35. The zero-order valence-electron chi connectivity index (χ0n) is 14.4. The Kier molecular flexibility index (Phi) is 5.62. The van der Waals surface area contributed by atoms with E-state index < -0.39 is 10.7 Å². The Morgan fingerprint density at radius 3 is 2.78 bits per heavy atom. The van der Waals surface area contributed by atoms with Gasteiger partial charge in [0.25, 0.3) is 11.6 Å². The molecule has 1 aliphatic rings. The molecule has 1 aliphatic heterocycles. The number of pyridine rings is 1. The maximum Gasteiger partial charge on any atom is 0.288 e. The van der Waals surface area contributed by atoms with Gasteiger partial charge in [-0.2, -0.15) is 0 Å². The van der Waals surface area contributed by atoms with Crippen LogP contribution in [0.25, 0.3) is 0 Å². The maximum atomic E-state index is 13.9. The Bertz CT molecular complexity index is 923. The second kappa shape index (κ2) is 7.78. The summed E-state index contributed by atoms with van der Waals surface area (Å²) in [4.78, 5) is 28.9. The van der Waals surface area contributed by atoms with E-state index in [0.717, 1.165) is 12.6 Å². The number of piperidine rings is 1. The molecule has 0 saturated carbocycles. The lowest BCUT2D eigenvalue weighted by molar-refractivity contribution is -0.385. The van der Waals surface area contributed by atoms with Crippen LogP contribution >= 0.6 is 23.2 Å². The maximum absolute atomic E-state index is 13.9. The topological polar surface area (TPSA) is 76.3 Å². The molecule has 0 spiro atoms. The molecular weight excluding hydrogens is 396 g/mol. The Labute approximate surface area is 165 Å². The third-order valence-electron chi connectivity index (χ3n) is 4.70. The molecule has 1 atom stereocenters. The van der Waals surface area contributed by atoms with Gasteiger partial charge in [0.1, 0.15) is 12.0 Å². The van der Waals surface area contributed by atoms with Gasteiger partial charge in [0, 0.05) is 30.1 Å². The fourth-order valence-electron chi connectivity index (χ4n) is 3.28. The van der Waals surface area contributed by atoms with Crippen LogP contribution in [0.2, 0.25) is 10.0 Å². The summed E-state index contributed by atoms with van der Waals surface area (Å²) in [6, 6.07) is 3.91. The minimum Gasteiger partial charge on any atom is -0.338 e. The number of likely N-dealkylation sites (tertiary alicyclic amines) is 1. The molecule has 27 heavy (non-hydrogen) atoms. The van der Waals surface area contributed by atoms with E-state index >= 15 is 0 Å². The second-order valence-corrected chi connectivity index (χ2v) is 7.28. The van der Waals surface area contributed by atoms with E-state index in [9.17, 15) is 19.3 Å². The van der Waals surface area contributed by atoms with Crippen molar-refractivity contribution in [2.75, 3.05) is 13.1 Å². The zero-order chi connectivity index (χ0) is 19.7. The van der Waals surface area contributed by atoms with Gasteiger partial charge in [-0.05, 0) is 37.5 Å². The van der Waals surface area contributed by atoms with Gasteiger partial charge in [0.15, 0.2) is 0 Å². The van der Waals surface area contributed by atoms with Crippen molar-refractivity contribution in [1.82, 2.24) is 9.88 Å². The molecule has 2 aromatic rings. The first-order chi connectivity index (χ1) is 12.8. The zero-order valence-corrected chi connectivity index (χ0v) is 15.9. The molecule has 1 saturated heterocycles. The molecular formula is C18H16Cl2FN3O3. The number of benzene rings is 1. The summed E-state index contributed by atoms with van der Waals surface area (Å²) in [6.45, 7) is 2.47. The summed E-state index contributed by atoms with van der Waals surface area (Å²) in [7, 11) is 0. The first-order valence-corrected chi connectivity index (χ1v) is 9.08. The largest absolute Gasteiger partial charge is 0.338 e.